The van der Waals surface area contributed by atoms with Crippen LogP contribution >= 0.6 is 11.6 Å². The van der Waals surface area contributed by atoms with E-state index in [4.69, 9.17) is 21.4 Å². The monoisotopic (exact) mass is 397 g/mol. The van der Waals surface area contributed by atoms with E-state index in [9.17, 15) is 18.4 Å². The molecule has 0 aliphatic rings. The number of carbonyl (C=O) groups is 2. The van der Waals surface area contributed by atoms with E-state index in [1.54, 1.807) is 6.07 Å². The summed E-state index contributed by atoms with van der Waals surface area (Å²) in [6.45, 7) is 0. The number of ether oxygens (including phenoxy) is 1. The second-order valence-electron chi connectivity index (χ2n) is 5.86. The first-order valence-electron chi connectivity index (χ1n) is 8.08. The second kappa shape index (κ2) is 9.32. The van der Waals surface area contributed by atoms with Crippen molar-refractivity contribution in [2.75, 3.05) is 7.11 Å². The van der Waals surface area contributed by atoms with Gasteiger partial charge in [0.1, 0.15) is 5.82 Å². The Morgan fingerprint density at radius 2 is 1.93 bits per heavy atom. The van der Waals surface area contributed by atoms with Gasteiger partial charge < -0.3 is 15.2 Å². The number of aryl methyl sites for hydroxylation is 1. The SMILES string of the molecule is COc1ccc(CCC(=O)NC(CC(=O)O)c2ccc(Cl)c(F)c2)cc1F. The molecule has 27 heavy (non-hydrogen) atoms. The van der Waals surface area contributed by atoms with Crippen molar-refractivity contribution in [3.8, 4) is 5.75 Å². The molecule has 5 nitrogen and oxygen atoms in total. The number of methoxy groups -OCH3 is 1. The first kappa shape index (κ1) is 20.6. The van der Waals surface area contributed by atoms with Gasteiger partial charge in [0, 0.05) is 6.42 Å². The van der Waals surface area contributed by atoms with E-state index in [1.165, 1.54) is 31.4 Å². The third kappa shape index (κ3) is 5.92. The van der Waals surface area contributed by atoms with Gasteiger partial charge in [0.25, 0.3) is 0 Å². The molecule has 2 N–H and O–H groups in total. The average molecular weight is 398 g/mol. The number of hydrogen-bond donors (Lipinski definition) is 2. The molecule has 2 aromatic carbocycles. The standard InChI is InChI=1S/C19H18ClF2NO4/c1-27-17-6-2-11(8-15(17)22)3-7-18(24)23-16(10-19(25)26)12-4-5-13(20)14(21)9-12/h2,4-6,8-9,16H,3,7,10H2,1H3,(H,23,24)(H,25,26). The van der Waals surface area contributed by atoms with Gasteiger partial charge in [-0.1, -0.05) is 23.7 Å². The van der Waals surface area contributed by atoms with Crippen LogP contribution in [0.2, 0.25) is 5.02 Å². The number of aliphatic carboxylic acids is 1. The van der Waals surface area contributed by atoms with Gasteiger partial charge in [0.15, 0.2) is 11.6 Å². The van der Waals surface area contributed by atoms with Gasteiger partial charge in [-0.3, -0.25) is 9.59 Å². The average Bonchev–Trinajstić information content (AvgIpc) is 2.61. The van der Waals surface area contributed by atoms with Crippen molar-refractivity contribution in [2.24, 2.45) is 0 Å². The lowest BCUT2D eigenvalue weighted by atomic mass is 10.0. The first-order chi connectivity index (χ1) is 12.8. The summed E-state index contributed by atoms with van der Waals surface area (Å²) in [6.07, 6.45) is -0.149. The minimum Gasteiger partial charge on any atom is -0.494 e. The molecule has 0 radical (unpaired) electrons. The van der Waals surface area contributed by atoms with Crippen LogP contribution in [0.25, 0.3) is 0 Å². The van der Waals surface area contributed by atoms with E-state index >= 15 is 0 Å². The molecule has 2 rings (SSSR count). The summed E-state index contributed by atoms with van der Waals surface area (Å²) in [5, 5.41) is 11.5. The van der Waals surface area contributed by atoms with Gasteiger partial charge in [-0.05, 0) is 41.8 Å². The fraction of sp³-hybridized carbons (Fsp3) is 0.263. The van der Waals surface area contributed by atoms with E-state index in [1.807, 2.05) is 0 Å². The predicted molar refractivity (Wildman–Crippen MR) is 95.8 cm³/mol. The maximum absolute atomic E-state index is 13.7. The van der Waals surface area contributed by atoms with Crippen LogP contribution in [0.1, 0.15) is 30.0 Å². The largest absolute Gasteiger partial charge is 0.494 e. The van der Waals surface area contributed by atoms with Gasteiger partial charge in [0.05, 0.1) is 24.6 Å². The Kier molecular flexibility index (Phi) is 7.12. The molecule has 2 aromatic rings. The van der Waals surface area contributed by atoms with Crippen LogP contribution < -0.4 is 10.1 Å². The zero-order valence-corrected chi connectivity index (χ0v) is 15.2. The zero-order chi connectivity index (χ0) is 20.0. The minimum atomic E-state index is -1.15. The number of halogens is 3. The summed E-state index contributed by atoms with van der Waals surface area (Å²) in [5.41, 5.74) is 0.888. The number of benzene rings is 2. The van der Waals surface area contributed by atoms with Gasteiger partial charge >= 0.3 is 5.97 Å². The molecule has 0 heterocycles. The Labute approximate surface area is 159 Å². The molecule has 1 unspecified atom stereocenters. The van der Waals surface area contributed by atoms with Crippen LogP contribution in [-0.2, 0) is 16.0 Å². The summed E-state index contributed by atoms with van der Waals surface area (Å²) in [6, 6.07) is 7.32. The van der Waals surface area contributed by atoms with Crippen molar-refractivity contribution in [3.63, 3.8) is 0 Å². The highest BCUT2D eigenvalue weighted by Crippen LogP contribution is 2.23. The van der Waals surface area contributed by atoms with Gasteiger partial charge in [-0.2, -0.15) is 0 Å². The molecule has 1 amide bonds. The topological polar surface area (TPSA) is 75.6 Å². The van der Waals surface area contributed by atoms with Gasteiger partial charge in [0.2, 0.25) is 5.91 Å². The van der Waals surface area contributed by atoms with E-state index in [0.717, 1.165) is 6.07 Å². The fourth-order valence-corrected chi connectivity index (χ4v) is 2.66. The van der Waals surface area contributed by atoms with Crippen molar-refractivity contribution < 1.29 is 28.2 Å². The molecule has 0 aliphatic carbocycles. The number of carbonyl (C=O) groups excluding carboxylic acids is 1. The third-order valence-corrected chi connectivity index (χ3v) is 4.22. The number of nitrogens with one attached hydrogen (secondary N) is 1. The number of rotatable bonds is 8. The molecule has 144 valence electrons. The highest BCUT2D eigenvalue weighted by molar-refractivity contribution is 6.30. The Hall–Kier alpha value is -2.67. The summed E-state index contributed by atoms with van der Waals surface area (Å²) in [5.74, 6) is -2.71. The molecule has 0 aliphatic heterocycles. The van der Waals surface area contributed by atoms with E-state index < -0.39 is 36.0 Å². The second-order valence-corrected chi connectivity index (χ2v) is 6.27. The van der Waals surface area contributed by atoms with Crippen molar-refractivity contribution in [1.29, 1.82) is 0 Å². The molecule has 0 fully saturated rings. The van der Waals surface area contributed by atoms with Crippen LogP contribution in [0.4, 0.5) is 8.78 Å². The normalized spacial score (nSPS) is 11.7. The third-order valence-electron chi connectivity index (χ3n) is 3.92. The lowest BCUT2D eigenvalue weighted by molar-refractivity contribution is -0.137. The molecule has 0 saturated carbocycles. The Balaban J connectivity index is 2.03. The van der Waals surface area contributed by atoms with Crippen LogP contribution in [0.5, 0.6) is 5.75 Å². The Morgan fingerprint density at radius 3 is 2.52 bits per heavy atom. The maximum atomic E-state index is 13.7. The van der Waals surface area contributed by atoms with E-state index in [-0.39, 0.29) is 23.6 Å². The quantitative estimate of drug-likeness (QED) is 0.708. The highest BCUT2D eigenvalue weighted by Gasteiger charge is 2.19. The number of amides is 1. The van der Waals surface area contributed by atoms with Crippen molar-refractivity contribution >= 4 is 23.5 Å². The molecule has 8 heteroatoms. The van der Waals surface area contributed by atoms with E-state index in [2.05, 4.69) is 5.32 Å². The summed E-state index contributed by atoms with van der Waals surface area (Å²) in [4.78, 5) is 23.3. The van der Waals surface area contributed by atoms with Crippen LogP contribution in [0.3, 0.4) is 0 Å². The van der Waals surface area contributed by atoms with Crippen LogP contribution in [0.15, 0.2) is 36.4 Å². The smallest absolute Gasteiger partial charge is 0.305 e. The number of carboxylic acid groups (broad SMARTS) is 1. The Morgan fingerprint density at radius 1 is 1.19 bits per heavy atom. The van der Waals surface area contributed by atoms with Gasteiger partial charge in [-0.25, -0.2) is 8.78 Å². The summed E-state index contributed by atoms with van der Waals surface area (Å²) >= 11 is 5.63. The lowest BCUT2D eigenvalue weighted by Crippen LogP contribution is -2.30. The lowest BCUT2D eigenvalue weighted by Gasteiger charge is -2.18. The molecule has 0 spiro atoms. The molecular weight excluding hydrogens is 380 g/mol. The Bertz CT molecular complexity index is 844. The molecule has 0 saturated heterocycles. The minimum absolute atomic E-state index is 0.0119. The van der Waals surface area contributed by atoms with Gasteiger partial charge in [-0.15, -0.1) is 0 Å². The zero-order valence-electron chi connectivity index (χ0n) is 14.5. The maximum Gasteiger partial charge on any atom is 0.305 e. The summed E-state index contributed by atoms with van der Waals surface area (Å²) < 4.78 is 32.2. The molecular formula is C19H18ClF2NO4. The number of carboxylic acids is 1. The van der Waals surface area contributed by atoms with Crippen molar-refractivity contribution in [2.45, 2.75) is 25.3 Å². The number of hydrogen-bond acceptors (Lipinski definition) is 3. The van der Waals surface area contributed by atoms with Crippen molar-refractivity contribution in [3.05, 3.63) is 64.2 Å². The molecule has 1 atom stereocenters. The predicted octanol–water partition coefficient (Wildman–Crippen LogP) is 3.89. The molecule has 0 bridgehead atoms. The van der Waals surface area contributed by atoms with Crippen molar-refractivity contribution in [1.82, 2.24) is 5.32 Å². The van der Waals surface area contributed by atoms with Crippen LogP contribution in [-0.4, -0.2) is 24.1 Å². The highest BCUT2D eigenvalue weighted by atomic mass is 35.5. The molecule has 0 aromatic heterocycles. The van der Waals surface area contributed by atoms with E-state index in [0.29, 0.717) is 11.1 Å². The first-order valence-corrected chi connectivity index (χ1v) is 8.46. The fourth-order valence-electron chi connectivity index (χ4n) is 2.55. The van der Waals surface area contributed by atoms with Crippen LogP contribution in [0, 0.1) is 11.6 Å². The summed E-state index contributed by atoms with van der Waals surface area (Å²) in [7, 11) is 1.35.